The van der Waals surface area contributed by atoms with Gasteiger partial charge in [0.05, 0.1) is 5.71 Å². The molecular formula is C19H22N4OS. The average Bonchev–Trinajstić information content (AvgIpc) is 2.56. The molecule has 25 heavy (non-hydrogen) atoms. The van der Waals surface area contributed by atoms with Crippen LogP contribution in [-0.2, 0) is 4.79 Å². The Balaban J connectivity index is 2.05. The molecule has 0 heterocycles. The lowest BCUT2D eigenvalue weighted by Gasteiger charge is -2.13. The quantitative estimate of drug-likeness (QED) is 0.441. The van der Waals surface area contributed by atoms with Gasteiger partial charge in [0.2, 0.25) is 5.91 Å². The van der Waals surface area contributed by atoms with Crippen molar-refractivity contribution in [1.29, 1.82) is 0 Å². The molecule has 0 fully saturated rings. The van der Waals surface area contributed by atoms with Gasteiger partial charge >= 0.3 is 0 Å². The van der Waals surface area contributed by atoms with Crippen molar-refractivity contribution in [2.24, 2.45) is 5.10 Å². The molecule has 0 spiro atoms. The minimum Gasteiger partial charge on any atom is -0.331 e. The van der Waals surface area contributed by atoms with Crippen LogP contribution in [0.15, 0.2) is 47.6 Å². The Morgan fingerprint density at radius 2 is 1.64 bits per heavy atom. The van der Waals surface area contributed by atoms with Gasteiger partial charge in [0.15, 0.2) is 5.11 Å². The van der Waals surface area contributed by atoms with E-state index in [1.165, 1.54) is 6.92 Å². The van der Waals surface area contributed by atoms with Gasteiger partial charge in [0.25, 0.3) is 0 Å². The summed E-state index contributed by atoms with van der Waals surface area (Å²) in [6, 6.07) is 13.6. The second-order valence-electron chi connectivity index (χ2n) is 5.79. The molecule has 6 heteroatoms. The molecule has 0 aliphatic rings. The van der Waals surface area contributed by atoms with Crippen LogP contribution in [-0.4, -0.2) is 16.7 Å². The van der Waals surface area contributed by atoms with Crippen LogP contribution in [0.25, 0.3) is 0 Å². The fourth-order valence-corrected chi connectivity index (χ4v) is 2.53. The van der Waals surface area contributed by atoms with Gasteiger partial charge in [-0.05, 0) is 61.8 Å². The first-order valence-corrected chi connectivity index (χ1v) is 8.33. The van der Waals surface area contributed by atoms with Crippen molar-refractivity contribution in [3.8, 4) is 0 Å². The lowest BCUT2D eigenvalue weighted by atomic mass is 10.1. The number of hydrazone groups is 1. The third-order valence-corrected chi connectivity index (χ3v) is 3.84. The molecule has 0 aromatic heterocycles. The van der Waals surface area contributed by atoms with Crippen molar-refractivity contribution in [3.05, 3.63) is 59.2 Å². The Kier molecular flexibility index (Phi) is 6.25. The molecular weight excluding hydrogens is 332 g/mol. The van der Waals surface area contributed by atoms with E-state index in [-0.39, 0.29) is 5.91 Å². The van der Waals surface area contributed by atoms with Crippen molar-refractivity contribution in [3.63, 3.8) is 0 Å². The van der Waals surface area contributed by atoms with Crippen molar-refractivity contribution in [2.75, 3.05) is 10.6 Å². The Bertz CT molecular complexity index is 810. The van der Waals surface area contributed by atoms with E-state index in [2.05, 4.69) is 21.2 Å². The topological polar surface area (TPSA) is 65.5 Å². The maximum Gasteiger partial charge on any atom is 0.221 e. The summed E-state index contributed by atoms with van der Waals surface area (Å²) >= 11 is 5.32. The molecule has 0 saturated heterocycles. The fraction of sp³-hybridized carbons (Fsp3) is 0.211. The number of thiocarbonyl (C=S) groups is 1. The largest absolute Gasteiger partial charge is 0.331 e. The van der Waals surface area contributed by atoms with Crippen LogP contribution in [0.4, 0.5) is 11.4 Å². The van der Waals surface area contributed by atoms with Crippen molar-refractivity contribution < 1.29 is 4.79 Å². The molecule has 130 valence electrons. The van der Waals surface area contributed by atoms with E-state index in [9.17, 15) is 4.79 Å². The summed E-state index contributed by atoms with van der Waals surface area (Å²) in [5, 5.41) is 10.7. The van der Waals surface area contributed by atoms with Gasteiger partial charge in [0, 0.05) is 18.3 Å². The van der Waals surface area contributed by atoms with Crippen molar-refractivity contribution >= 4 is 40.3 Å². The molecule has 0 saturated carbocycles. The van der Waals surface area contributed by atoms with Gasteiger partial charge in [-0.3, -0.25) is 10.2 Å². The second-order valence-corrected chi connectivity index (χ2v) is 6.20. The first-order valence-electron chi connectivity index (χ1n) is 7.92. The number of hydrogen-bond acceptors (Lipinski definition) is 3. The standard InChI is InChI=1S/C19H22N4OS/c1-12-7-5-8-13(2)18(12)21-19(25)23-22-14(3)16-9-6-10-17(11-16)20-15(4)24/h5-11H,1-4H3,(H,20,24)(H2,21,23,25)/b22-14+. The third kappa shape index (κ3) is 5.39. The number of anilines is 2. The van der Waals surface area contributed by atoms with E-state index in [4.69, 9.17) is 12.2 Å². The molecule has 2 rings (SSSR count). The monoisotopic (exact) mass is 354 g/mol. The number of aryl methyl sites for hydroxylation is 2. The fourth-order valence-electron chi connectivity index (χ4n) is 2.38. The Morgan fingerprint density at radius 1 is 1.00 bits per heavy atom. The van der Waals surface area contributed by atoms with E-state index < -0.39 is 0 Å². The van der Waals surface area contributed by atoms with Crippen LogP contribution in [0.2, 0.25) is 0 Å². The number of carbonyl (C=O) groups is 1. The lowest BCUT2D eigenvalue weighted by Crippen LogP contribution is -2.25. The van der Waals surface area contributed by atoms with Crippen LogP contribution in [0.5, 0.6) is 0 Å². The molecule has 0 aliphatic carbocycles. The summed E-state index contributed by atoms with van der Waals surface area (Å²) in [6.45, 7) is 7.41. The molecule has 0 aliphatic heterocycles. The van der Waals surface area contributed by atoms with Crippen LogP contribution in [0, 0.1) is 13.8 Å². The van der Waals surface area contributed by atoms with Crippen molar-refractivity contribution in [1.82, 2.24) is 5.43 Å². The van der Waals surface area contributed by atoms with Gasteiger partial charge in [-0.25, -0.2) is 0 Å². The Labute approximate surface area is 153 Å². The van der Waals surface area contributed by atoms with Crippen LogP contribution < -0.4 is 16.1 Å². The summed E-state index contributed by atoms with van der Waals surface area (Å²) in [5.74, 6) is -0.108. The highest BCUT2D eigenvalue weighted by atomic mass is 32.1. The highest BCUT2D eigenvalue weighted by molar-refractivity contribution is 7.80. The number of para-hydroxylation sites is 1. The molecule has 0 atom stereocenters. The van der Waals surface area contributed by atoms with Gasteiger partial charge in [-0.1, -0.05) is 30.3 Å². The van der Waals surface area contributed by atoms with Crippen molar-refractivity contribution in [2.45, 2.75) is 27.7 Å². The summed E-state index contributed by atoms with van der Waals surface area (Å²) in [7, 11) is 0. The summed E-state index contributed by atoms with van der Waals surface area (Å²) < 4.78 is 0. The van der Waals surface area contributed by atoms with E-state index in [0.29, 0.717) is 5.11 Å². The van der Waals surface area contributed by atoms with E-state index in [1.807, 2.05) is 63.2 Å². The number of rotatable bonds is 4. The second kappa shape index (κ2) is 8.39. The molecule has 0 unspecified atom stereocenters. The third-order valence-electron chi connectivity index (χ3n) is 3.65. The molecule has 2 aromatic carbocycles. The van der Waals surface area contributed by atoms with Gasteiger partial charge in [0.1, 0.15) is 0 Å². The van der Waals surface area contributed by atoms with Crippen LogP contribution in [0.1, 0.15) is 30.5 Å². The molecule has 2 aromatic rings. The predicted molar refractivity (Wildman–Crippen MR) is 108 cm³/mol. The number of nitrogens with one attached hydrogen (secondary N) is 3. The van der Waals surface area contributed by atoms with E-state index in [1.54, 1.807) is 0 Å². The summed E-state index contributed by atoms with van der Waals surface area (Å²) in [6.07, 6.45) is 0. The molecule has 0 radical (unpaired) electrons. The van der Waals surface area contributed by atoms with Gasteiger partial charge in [-0.15, -0.1) is 0 Å². The predicted octanol–water partition coefficient (Wildman–Crippen LogP) is 3.97. The Morgan fingerprint density at radius 3 is 2.28 bits per heavy atom. The minimum atomic E-state index is -0.108. The molecule has 3 N–H and O–H groups in total. The lowest BCUT2D eigenvalue weighted by molar-refractivity contribution is -0.114. The van der Waals surface area contributed by atoms with E-state index >= 15 is 0 Å². The number of benzene rings is 2. The minimum absolute atomic E-state index is 0.108. The maximum absolute atomic E-state index is 11.2. The molecule has 5 nitrogen and oxygen atoms in total. The SMILES string of the molecule is CC(=O)Nc1cccc(/C(C)=N/NC(=S)Nc2c(C)cccc2C)c1. The zero-order chi connectivity index (χ0) is 18.4. The first-order chi connectivity index (χ1) is 11.9. The summed E-state index contributed by atoms with van der Waals surface area (Å²) in [5.41, 5.74) is 8.48. The van der Waals surface area contributed by atoms with Crippen LogP contribution >= 0.6 is 12.2 Å². The normalized spacial score (nSPS) is 11.0. The first kappa shape index (κ1) is 18.6. The molecule has 1 amide bonds. The highest BCUT2D eigenvalue weighted by Crippen LogP contribution is 2.19. The average molecular weight is 354 g/mol. The zero-order valence-electron chi connectivity index (χ0n) is 14.8. The number of nitrogens with zero attached hydrogens (tertiary/aromatic N) is 1. The number of carbonyl (C=O) groups excluding carboxylic acids is 1. The zero-order valence-corrected chi connectivity index (χ0v) is 15.6. The van der Waals surface area contributed by atoms with E-state index in [0.717, 1.165) is 33.8 Å². The maximum atomic E-state index is 11.2. The Hall–Kier alpha value is -2.73. The van der Waals surface area contributed by atoms with Crippen LogP contribution in [0.3, 0.4) is 0 Å². The summed E-state index contributed by atoms with van der Waals surface area (Å²) in [4.78, 5) is 11.2. The van der Waals surface area contributed by atoms with Gasteiger partial charge < -0.3 is 10.6 Å². The van der Waals surface area contributed by atoms with Gasteiger partial charge in [-0.2, -0.15) is 5.10 Å². The number of amides is 1. The molecule has 0 bridgehead atoms. The number of hydrogen-bond donors (Lipinski definition) is 3. The smallest absolute Gasteiger partial charge is 0.221 e. The highest BCUT2D eigenvalue weighted by Gasteiger charge is 2.05.